The van der Waals surface area contributed by atoms with Gasteiger partial charge in [-0.05, 0) is 17.7 Å². The number of aliphatic hydroxyl groups is 1. The molecular weight excluding hydrogens is 316 g/mol. The zero-order chi connectivity index (χ0) is 16.4. The molecule has 118 valence electrons. The number of rotatable bonds is 3. The third kappa shape index (κ3) is 2.60. The number of hydrogen-bond acceptors (Lipinski definition) is 4. The van der Waals surface area contributed by atoms with Gasteiger partial charge in [0.15, 0.2) is 6.10 Å². The highest BCUT2D eigenvalue weighted by atomic mass is 35.5. The molecule has 0 aromatic heterocycles. The zero-order valence-corrected chi connectivity index (χ0v) is 13.2. The fourth-order valence-corrected chi connectivity index (χ4v) is 2.84. The number of carbonyl (C=O) groups excluding carboxylic acids is 1. The Morgan fingerprint density at radius 1 is 1.22 bits per heavy atom. The van der Waals surface area contributed by atoms with Gasteiger partial charge in [0, 0.05) is 5.56 Å². The van der Waals surface area contributed by atoms with E-state index in [4.69, 9.17) is 21.1 Å². The Balaban J connectivity index is 2.07. The number of methoxy groups -OCH3 is 1. The molecule has 0 saturated heterocycles. The standard InChI is InChI=1S/C18H15ClO4/c1-22-17(20)18(21,13-7-3-2-4-8-13)15-11-10-12-6-5-9-14(19)16(12)23-15/h2-11,15,21H,1H3. The number of para-hydroxylation sites is 1. The lowest BCUT2D eigenvalue weighted by molar-refractivity contribution is -0.172. The van der Waals surface area contributed by atoms with Crippen molar-refractivity contribution in [2.75, 3.05) is 7.11 Å². The van der Waals surface area contributed by atoms with Crippen molar-refractivity contribution in [1.29, 1.82) is 0 Å². The summed E-state index contributed by atoms with van der Waals surface area (Å²) in [6.45, 7) is 0. The summed E-state index contributed by atoms with van der Waals surface area (Å²) in [7, 11) is 1.23. The molecule has 0 fully saturated rings. The number of ether oxygens (including phenoxy) is 2. The lowest BCUT2D eigenvalue weighted by Gasteiger charge is -2.34. The Morgan fingerprint density at radius 2 is 1.96 bits per heavy atom. The molecule has 1 aliphatic heterocycles. The highest BCUT2D eigenvalue weighted by molar-refractivity contribution is 6.32. The lowest BCUT2D eigenvalue weighted by atomic mass is 9.86. The van der Waals surface area contributed by atoms with Crippen LogP contribution in [0.4, 0.5) is 0 Å². The molecule has 23 heavy (non-hydrogen) atoms. The number of hydrogen-bond donors (Lipinski definition) is 1. The van der Waals surface area contributed by atoms with Gasteiger partial charge in [-0.25, -0.2) is 4.79 Å². The molecule has 1 N–H and O–H groups in total. The highest BCUT2D eigenvalue weighted by Gasteiger charge is 2.48. The quantitative estimate of drug-likeness (QED) is 0.878. The minimum Gasteiger partial charge on any atom is -0.480 e. The van der Waals surface area contributed by atoms with Crippen LogP contribution in [-0.4, -0.2) is 24.3 Å². The predicted molar refractivity (Wildman–Crippen MR) is 87.3 cm³/mol. The lowest BCUT2D eigenvalue weighted by Crippen LogP contribution is -2.50. The maximum Gasteiger partial charge on any atom is 0.346 e. The summed E-state index contributed by atoms with van der Waals surface area (Å²) in [6, 6.07) is 13.9. The third-order valence-electron chi connectivity index (χ3n) is 3.82. The van der Waals surface area contributed by atoms with E-state index in [1.807, 2.05) is 6.07 Å². The number of benzene rings is 2. The van der Waals surface area contributed by atoms with Gasteiger partial charge in [0.2, 0.25) is 5.60 Å². The second-order valence-corrected chi connectivity index (χ2v) is 5.59. The number of esters is 1. The van der Waals surface area contributed by atoms with Crippen LogP contribution < -0.4 is 4.74 Å². The summed E-state index contributed by atoms with van der Waals surface area (Å²) < 4.78 is 10.6. The first kappa shape index (κ1) is 15.6. The van der Waals surface area contributed by atoms with Crippen LogP contribution in [0.15, 0.2) is 54.6 Å². The van der Waals surface area contributed by atoms with E-state index in [0.29, 0.717) is 16.3 Å². The molecule has 0 spiro atoms. The average molecular weight is 331 g/mol. The Hall–Kier alpha value is -2.30. The third-order valence-corrected chi connectivity index (χ3v) is 4.11. The van der Waals surface area contributed by atoms with E-state index in [1.165, 1.54) is 7.11 Å². The van der Waals surface area contributed by atoms with Crippen LogP contribution in [0, 0.1) is 0 Å². The number of carbonyl (C=O) groups is 1. The molecule has 0 aliphatic carbocycles. The molecule has 2 aromatic carbocycles. The van der Waals surface area contributed by atoms with Crippen molar-refractivity contribution in [3.63, 3.8) is 0 Å². The topological polar surface area (TPSA) is 55.8 Å². The largest absolute Gasteiger partial charge is 0.480 e. The summed E-state index contributed by atoms with van der Waals surface area (Å²) in [5, 5.41) is 11.5. The van der Waals surface area contributed by atoms with Gasteiger partial charge in [-0.2, -0.15) is 0 Å². The van der Waals surface area contributed by atoms with Crippen molar-refractivity contribution in [3.05, 3.63) is 70.8 Å². The highest BCUT2D eigenvalue weighted by Crippen LogP contribution is 2.39. The molecule has 3 rings (SSSR count). The van der Waals surface area contributed by atoms with E-state index in [9.17, 15) is 9.90 Å². The van der Waals surface area contributed by atoms with Crippen LogP contribution in [-0.2, 0) is 15.1 Å². The normalized spacial score (nSPS) is 18.5. The second-order valence-electron chi connectivity index (χ2n) is 5.18. The van der Waals surface area contributed by atoms with Crippen LogP contribution in [0.5, 0.6) is 5.75 Å². The minimum atomic E-state index is -1.97. The first-order valence-electron chi connectivity index (χ1n) is 7.07. The van der Waals surface area contributed by atoms with E-state index < -0.39 is 17.7 Å². The molecule has 5 heteroatoms. The van der Waals surface area contributed by atoms with Gasteiger partial charge >= 0.3 is 5.97 Å². The molecule has 0 radical (unpaired) electrons. The van der Waals surface area contributed by atoms with Gasteiger partial charge in [-0.3, -0.25) is 0 Å². The van der Waals surface area contributed by atoms with Crippen molar-refractivity contribution in [3.8, 4) is 5.75 Å². The molecule has 2 unspecified atom stereocenters. The van der Waals surface area contributed by atoms with Crippen molar-refractivity contribution in [2.24, 2.45) is 0 Å². The van der Waals surface area contributed by atoms with Crippen molar-refractivity contribution >= 4 is 23.6 Å². The van der Waals surface area contributed by atoms with Crippen LogP contribution >= 0.6 is 11.6 Å². The smallest absolute Gasteiger partial charge is 0.346 e. The Kier molecular flexibility index (Phi) is 4.11. The van der Waals surface area contributed by atoms with Crippen molar-refractivity contribution < 1.29 is 19.4 Å². The van der Waals surface area contributed by atoms with Gasteiger partial charge in [0.25, 0.3) is 0 Å². The van der Waals surface area contributed by atoms with Crippen molar-refractivity contribution in [1.82, 2.24) is 0 Å². The molecule has 4 nitrogen and oxygen atoms in total. The average Bonchev–Trinajstić information content (AvgIpc) is 2.61. The van der Waals surface area contributed by atoms with Crippen LogP contribution in [0.2, 0.25) is 5.02 Å². The Labute approximate surface area is 138 Å². The van der Waals surface area contributed by atoms with E-state index >= 15 is 0 Å². The van der Waals surface area contributed by atoms with E-state index in [0.717, 1.165) is 5.56 Å². The molecule has 2 aromatic rings. The van der Waals surface area contributed by atoms with Gasteiger partial charge in [-0.1, -0.05) is 60.1 Å². The second kappa shape index (κ2) is 6.07. The van der Waals surface area contributed by atoms with E-state index in [-0.39, 0.29) is 0 Å². The zero-order valence-electron chi connectivity index (χ0n) is 12.4. The van der Waals surface area contributed by atoms with Crippen LogP contribution in [0.25, 0.3) is 6.08 Å². The Morgan fingerprint density at radius 3 is 2.65 bits per heavy atom. The maximum atomic E-state index is 12.3. The molecular formula is C18H15ClO4. The van der Waals surface area contributed by atoms with Crippen LogP contribution in [0.1, 0.15) is 11.1 Å². The fraction of sp³-hybridized carbons (Fsp3) is 0.167. The Bertz CT molecular complexity index is 757. The number of fused-ring (bicyclic) bond motifs is 1. The molecule has 0 saturated carbocycles. The van der Waals surface area contributed by atoms with Gasteiger partial charge in [0.05, 0.1) is 12.1 Å². The fourth-order valence-electron chi connectivity index (χ4n) is 2.61. The summed E-state index contributed by atoms with van der Waals surface area (Å²) in [5.74, 6) is -0.367. The summed E-state index contributed by atoms with van der Waals surface area (Å²) in [4.78, 5) is 12.3. The van der Waals surface area contributed by atoms with E-state index in [1.54, 1.807) is 54.6 Å². The van der Waals surface area contributed by atoms with Gasteiger partial charge < -0.3 is 14.6 Å². The first-order valence-corrected chi connectivity index (χ1v) is 7.45. The summed E-state index contributed by atoms with van der Waals surface area (Å²) in [6.07, 6.45) is 2.44. The molecule has 0 bridgehead atoms. The first-order chi connectivity index (χ1) is 11.1. The monoisotopic (exact) mass is 330 g/mol. The van der Waals surface area contributed by atoms with E-state index in [2.05, 4.69) is 0 Å². The predicted octanol–water partition coefficient (Wildman–Crippen LogP) is 3.18. The SMILES string of the molecule is COC(=O)C(O)(c1ccccc1)C1C=Cc2cccc(Cl)c2O1. The van der Waals surface area contributed by atoms with Gasteiger partial charge in [-0.15, -0.1) is 0 Å². The number of halogens is 1. The van der Waals surface area contributed by atoms with Crippen LogP contribution in [0.3, 0.4) is 0 Å². The summed E-state index contributed by atoms with van der Waals surface area (Å²) >= 11 is 6.16. The van der Waals surface area contributed by atoms with Crippen molar-refractivity contribution in [2.45, 2.75) is 11.7 Å². The molecule has 0 amide bonds. The molecule has 2 atom stereocenters. The summed E-state index contributed by atoms with van der Waals surface area (Å²) in [5.41, 5.74) is -0.797. The molecule has 1 aliphatic rings. The molecule has 1 heterocycles. The van der Waals surface area contributed by atoms with Gasteiger partial charge in [0.1, 0.15) is 5.75 Å². The maximum absolute atomic E-state index is 12.3. The minimum absolute atomic E-state index is 0.386.